The quantitative estimate of drug-likeness (QED) is 0.624. The second kappa shape index (κ2) is 7.03. The molecule has 0 saturated heterocycles. The van der Waals surface area contributed by atoms with Gasteiger partial charge in [0.15, 0.2) is 0 Å². The Hall–Kier alpha value is -0.910. The van der Waals surface area contributed by atoms with Gasteiger partial charge >= 0.3 is 0 Å². The first kappa shape index (κ1) is 14.5. The molecule has 1 aromatic carbocycles. The molecule has 0 aliphatic carbocycles. The average Bonchev–Trinajstić information content (AvgIpc) is 2.90. The van der Waals surface area contributed by atoms with Gasteiger partial charge in [0.25, 0.3) is 0 Å². The molecule has 0 amide bonds. The van der Waals surface area contributed by atoms with Crippen LogP contribution in [0.2, 0.25) is 0 Å². The van der Waals surface area contributed by atoms with Crippen LogP contribution in [0.25, 0.3) is 0 Å². The predicted octanol–water partition coefficient (Wildman–Crippen LogP) is 4.47. The van der Waals surface area contributed by atoms with E-state index in [-0.39, 0.29) is 0 Å². The van der Waals surface area contributed by atoms with Gasteiger partial charge in [-0.3, -0.25) is 0 Å². The van der Waals surface area contributed by atoms with Crippen LogP contribution in [-0.2, 0) is 0 Å². The van der Waals surface area contributed by atoms with Gasteiger partial charge in [-0.25, -0.2) is 8.78 Å². The van der Waals surface area contributed by atoms with Gasteiger partial charge in [-0.1, -0.05) is 6.07 Å². The zero-order valence-corrected chi connectivity index (χ0v) is 12.2. The SMILES string of the molecule is CC(NCCSc1ccc(F)cc1F)c1cccs1. The van der Waals surface area contributed by atoms with E-state index in [0.29, 0.717) is 10.9 Å². The number of benzene rings is 1. The van der Waals surface area contributed by atoms with Crippen molar-refractivity contribution in [2.75, 3.05) is 12.3 Å². The second-order valence-corrected chi connectivity index (χ2v) is 6.23. The molecule has 5 heteroatoms. The number of hydrogen-bond acceptors (Lipinski definition) is 3. The number of thioether (sulfide) groups is 1. The van der Waals surface area contributed by atoms with E-state index in [1.807, 2.05) is 6.07 Å². The molecule has 0 bridgehead atoms. The van der Waals surface area contributed by atoms with Crippen LogP contribution in [0.4, 0.5) is 8.78 Å². The van der Waals surface area contributed by atoms with Crippen molar-refractivity contribution in [3.8, 4) is 0 Å². The molecule has 2 aromatic rings. The van der Waals surface area contributed by atoms with Gasteiger partial charge in [0.2, 0.25) is 0 Å². The molecule has 0 saturated carbocycles. The van der Waals surface area contributed by atoms with Gasteiger partial charge in [-0.2, -0.15) is 0 Å². The van der Waals surface area contributed by atoms with E-state index in [1.165, 1.54) is 28.8 Å². The smallest absolute Gasteiger partial charge is 0.139 e. The molecule has 2 rings (SSSR count). The molecule has 1 N–H and O–H groups in total. The minimum Gasteiger partial charge on any atom is -0.309 e. The van der Waals surface area contributed by atoms with Gasteiger partial charge in [0, 0.05) is 34.2 Å². The van der Waals surface area contributed by atoms with Crippen LogP contribution >= 0.6 is 23.1 Å². The zero-order valence-electron chi connectivity index (χ0n) is 10.5. The molecule has 0 radical (unpaired) electrons. The normalized spacial score (nSPS) is 12.6. The fourth-order valence-electron chi connectivity index (χ4n) is 1.67. The van der Waals surface area contributed by atoms with E-state index >= 15 is 0 Å². The van der Waals surface area contributed by atoms with Gasteiger partial charge in [-0.15, -0.1) is 23.1 Å². The summed E-state index contributed by atoms with van der Waals surface area (Å²) in [6.45, 7) is 2.88. The molecule has 19 heavy (non-hydrogen) atoms. The summed E-state index contributed by atoms with van der Waals surface area (Å²) in [4.78, 5) is 1.78. The Bertz CT molecular complexity index is 514. The molecule has 1 heterocycles. The number of rotatable bonds is 6. The van der Waals surface area contributed by atoms with Crippen molar-refractivity contribution in [1.82, 2.24) is 5.32 Å². The minimum absolute atomic E-state index is 0.304. The van der Waals surface area contributed by atoms with Crippen LogP contribution in [0.5, 0.6) is 0 Å². The van der Waals surface area contributed by atoms with E-state index in [2.05, 4.69) is 23.7 Å². The summed E-state index contributed by atoms with van der Waals surface area (Å²) in [5, 5.41) is 5.43. The van der Waals surface area contributed by atoms with Crippen molar-refractivity contribution in [1.29, 1.82) is 0 Å². The summed E-state index contributed by atoms with van der Waals surface area (Å²) in [6.07, 6.45) is 0. The van der Waals surface area contributed by atoms with E-state index in [9.17, 15) is 8.78 Å². The highest BCUT2D eigenvalue weighted by atomic mass is 32.2. The summed E-state index contributed by atoms with van der Waals surface area (Å²) in [7, 11) is 0. The van der Waals surface area contributed by atoms with Crippen molar-refractivity contribution in [2.45, 2.75) is 17.9 Å². The summed E-state index contributed by atoms with van der Waals surface area (Å²) < 4.78 is 26.1. The summed E-state index contributed by atoms with van der Waals surface area (Å²) in [6, 6.07) is 8.11. The van der Waals surface area contributed by atoms with Crippen LogP contribution in [0.3, 0.4) is 0 Å². The molecular weight excluding hydrogens is 284 g/mol. The maximum Gasteiger partial charge on any atom is 0.139 e. The van der Waals surface area contributed by atoms with Crippen molar-refractivity contribution in [2.24, 2.45) is 0 Å². The van der Waals surface area contributed by atoms with Crippen LogP contribution in [-0.4, -0.2) is 12.3 Å². The zero-order chi connectivity index (χ0) is 13.7. The van der Waals surface area contributed by atoms with Crippen molar-refractivity contribution in [3.63, 3.8) is 0 Å². The first-order chi connectivity index (χ1) is 9.16. The van der Waals surface area contributed by atoms with Gasteiger partial charge in [-0.05, 0) is 30.5 Å². The Labute approximate surface area is 120 Å². The highest BCUT2D eigenvalue weighted by molar-refractivity contribution is 7.99. The lowest BCUT2D eigenvalue weighted by Gasteiger charge is -2.11. The van der Waals surface area contributed by atoms with Crippen molar-refractivity contribution >= 4 is 23.1 Å². The number of nitrogens with one attached hydrogen (secondary N) is 1. The summed E-state index contributed by atoms with van der Waals surface area (Å²) in [5.41, 5.74) is 0. The molecule has 102 valence electrons. The summed E-state index contributed by atoms with van der Waals surface area (Å²) >= 11 is 3.11. The highest BCUT2D eigenvalue weighted by Gasteiger charge is 2.06. The standard InChI is InChI=1S/C14H15F2NS2/c1-10(13-3-2-7-18-13)17-6-8-19-14-5-4-11(15)9-12(14)16/h2-5,7,9-10,17H,6,8H2,1H3. The summed E-state index contributed by atoms with van der Waals surface area (Å²) in [5.74, 6) is -0.277. The molecule has 1 nitrogen and oxygen atoms in total. The van der Waals surface area contributed by atoms with Gasteiger partial charge in [0.05, 0.1) is 0 Å². The third-order valence-corrected chi connectivity index (χ3v) is 4.78. The fourth-order valence-corrected chi connectivity index (χ4v) is 3.23. The minimum atomic E-state index is -0.536. The van der Waals surface area contributed by atoms with Gasteiger partial charge < -0.3 is 5.32 Å². The molecular formula is C14H15F2NS2. The van der Waals surface area contributed by atoms with E-state index < -0.39 is 11.6 Å². The van der Waals surface area contributed by atoms with Crippen LogP contribution in [0.1, 0.15) is 17.8 Å². The van der Waals surface area contributed by atoms with Crippen LogP contribution < -0.4 is 5.32 Å². The Morgan fingerprint density at radius 3 is 2.84 bits per heavy atom. The van der Waals surface area contributed by atoms with E-state index in [0.717, 1.165) is 18.4 Å². The maximum atomic E-state index is 13.4. The largest absolute Gasteiger partial charge is 0.309 e. The van der Waals surface area contributed by atoms with Crippen LogP contribution in [0, 0.1) is 11.6 Å². The maximum absolute atomic E-state index is 13.4. The number of thiophene rings is 1. The lowest BCUT2D eigenvalue weighted by atomic mass is 10.3. The van der Waals surface area contributed by atoms with E-state index in [4.69, 9.17) is 0 Å². The lowest BCUT2D eigenvalue weighted by Crippen LogP contribution is -2.20. The molecule has 0 fully saturated rings. The predicted molar refractivity (Wildman–Crippen MR) is 77.8 cm³/mol. The number of hydrogen-bond donors (Lipinski definition) is 1. The topological polar surface area (TPSA) is 12.0 Å². The molecule has 1 atom stereocenters. The molecule has 1 unspecified atom stereocenters. The molecule has 0 spiro atoms. The monoisotopic (exact) mass is 299 g/mol. The Balaban J connectivity index is 1.75. The van der Waals surface area contributed by atoms with Crippen molar-refractivity contribution < 1.29 is 8.78 Å². The average molecular weight is 299 g/mol. The lowest BCUT2D eigenvalue weighted by molar-refractivity contribution is 0.565. The second-order valence-electron chi connectivity index (χ2n) is 4.11. The Kier molecular flexibility index (Phi) is 5.36. The molecule has 1 aromatic heterocycles. The fraction of sp³-hybridized carbons (Fsp3) is 0.286. The third-order valence-electron chi connectivity index (χ3n) is 2.67. The first-order valence-electron chi connectivity index (χ1n) is 6.01. The highest BCUT2D eigenvalue weighted by Crippen LogP contribution is 2.22. The number of halogens is 2. The first-order valence-corrected chi connectivity index (χ1v) is 7.88. The molecule has 0 aliphatic heterocycles. The van der Waals surface area contributed by atoms with Crippen molar-refractivity contribution in [3.05, 3.63) is 52.2 Å². The van der Waals surface area contributed by atoms with Crippen LogP contribution in [0.15, 0.2) is 40.6 Å². The van der Waals surface area contributed by atoms with Gasteiger partial charge in [0.1, 0.15) is 11.6 Å². The Morgan fingerprint density at radius 1 is 1.32 bits per heavy atom. The third kappa shape index (κ3) is 4.30. The van der Waals surface area contributed by atoms with E-state index in [1.54, 1.807) is 11.3 Å². The Morgan fingerprint density at radius 2 is 2.16 bits per heavy atom. The molecule has 0 aliphatic rings.